The first-order chi connectivity index (χ1) is 9.04. The van der Waals surface area contributed by atoms with Crippen molar-refractivity contribution >= 4 is 0 Å². The van der Waals surface area contributed by atoms with Gasteiger partial charge in [0.25, 0.3) is 0 Å². The molecule has 4 heteroatoms. The van der Waals surface area contributed by atoms with Crippen LogP contribution < -0.4 is 0 Å². The Labute approximate surface area is 110 Å². The van der Waals surface area contributed by atoms with Gasteiger partial charge >= 0.3 is 0 Å². The van der Waals surface area contributed by atoms with Crippen molar-refractivity contribution in [3.8, 4) is 22.6 Å². The first kappa shape index (κ1) is 12.0. The lowest BCUT2D eigenvalue weighted by molar-refractivity contribution is 0.321. The third kappa shape index (κ3) is 2.04. The summed E-state index contributed by atoms with van der Waals surface area (Å²) in [6.07, 6.45) is 0. The van der Waals surface area contributed by atoms with Gasteiger partial charge in [-0.3, -0.25) is 4.90 Å². The summed E-state index contributed by atoms with van der Waals surface area (Å²) < 4.78 is 14.2. The highest BCUT2D eigenvalue weighted by Crippen LogP contribution is 2.37. The van der Waals surface area contributed by atoms with E-state index < -0.39 is 5.82 Å². The van der Waals surface area contributed by atoms with Crippen molar-refractivity contribution in [2.45, 2.75) is 13.1 Å². The van der Waals surface area contributed by atoms with E-state index in [0.717, 1.165) is 22.8 Å². The third-order valence-electron chi connectivity index (χ3n) is 3.40. The molecule has 1 aliphatic heterocycles. The van der Waals surface area contributed by atoms with E-state index in [1.165, 1.54) is 0 Å². The number of aromatic hydroxyl groups is 2. The van der Waals surface area contributed by atoms with Gasteiger partial charge in [-0.1, -0.05) is 6.07 Å². The van der Waals surface area contributed by atoms with Crippen molar-refractivity contribution in [1.82, 2.24) is 4.90 Å². The highest BCUT2D eigenvalue weighted by Gasteiger charge is 2.21. The molecule has 19 heavy (non-hydrogen) atoms. The summed E-state index contributed by atoms with van der Waals surface area (Å²) in [5.41, 5.74) is 2.92. The standard InChI is InChI=1S/C15H14FNO2/c1-17-7-9-4-11(18)2-3-13(9)15-10(8-17)5-12(19)6-14(15)16/h2-6,18-19H,7-8H2,1H3. The van der Waals surface area contributed by atoms with E-state index in [2.05, 4.69) is 0 Å². The van der Waals surface area contributed by atoms with Gasteiger partial charge in [-0.2, -0.15) is 0 Å². The van der Waals surface area contributed by atoms with Gasteiger partial charge in [0.2, 0.25) is 0 Å². The van der Waals surface area contributed by atoms with Gasteiger partial charge in [0.05, 0.1) is 0 Å². The Kier molecular flexibility index (Phi) is 2.68. The zero-order chi connectivity index (χ0) is 13.6. The fraction of sp³-hybridized carbons (Fsp3) is 0.200. The molecule has 0 spiro atoms. The lowest BCUT2D eigenvalue weighted by atomic mass is 9.96. The monoisotopic (exact) mass is 259 g/mol. The molecule has 0 saturated carbocycles. The molecule has 0 fully saturated rings. The molecule has 0 saturated heterocycles. The zero-order valence-corrected chi connectivity index (χ0v) is 10.5. The average Bonchev–Trinajstić information content (AvgIpc) is 2.43. The summed E-state index contributed by atoms with van der Waals surface area (Å²) in [5, 5.41) is 19.1. The quantitative estimate of drug-likeness (QED) is 0.764. The topological polar surface area (TPSA) is 43.7 Å². The van der Waals surface area contributed by atoms with E-state index in [1.54, 1.807) is 24.3 Å². The summed E-state index contributed by atoms with van der Waals surface area (Å²) in [5.74, 6) is -0.320. The molecule has 0 aliphatic carbocycles. The number of fused-ring (bicyclic) bond motifs is 3. The molecular formula is C15H14FNO2. The van der Waals surface area contributed by atoms with Crippen molar-refractivity contribution in [1.29, 1.82) is 0 Å². The highest BCUT2D eigenvalue weighted by atomic mass is 19.1. The lowest BCUT2D eigenvalue weighted by Crippen LogP contribution is -2.15. The van der Waals surface area contributed by atoms with Gasteiger partial charge in [-0.25, -0.2) is 4.39 Å². The van der Waals surface area contributed by atoms with Crippen LogP contribution >= 0.6 is 0 Å². The van der Waals surface area contributed by atoms with Gasteiger partial charge in [-0.05, 0) is 41.9 Å². The molecule has 0 aromatic heterocycles. The third-order valence-corrected chi connectivity index (χ3v) is 3.40. The van der Waals surface area contributed by atoms with Crippen LogP contribution in [0.2, 0.25) is 0 Å². The SMILES string of the molecule is CN1Cc2cc(O)ccc2-c2c(F)cc(O)cc2C1. The number of hydrogen-bond donors (Lipinski definition) is 2. The molecule has 0 bridgehead atoms. The maximum absolute atomic E-state index is 14.2. The van der Waals surface area contributed by atoms with Gasteiger partial charge in [0.15, 0.2) is 0 Å². The number of phenols is 2. The van der Waals surface area contributed by atoms with Crippen LogP contribution in [0.15, 0.2) is 30.3 Å². The maximum Gasteiger partial charge on any atom is 0.135 e. The van der Waals surface area contributed by atoms with Crippen LogP contribution in [-0.2, 0) is 13.1 Å². The van der Waals surface area contributed by atoms with Crippen molar-refractivity contribution in [2.75, 3.05) is 7.05 Å². The van der Waals surface area contributed by atoms with E-state index in [9.17, 15) is 14.6 Å². The van der Waals surface area contributed by atoms with E-state index in [1.807, 2.05) is 11.9 Å². The maximum atomic E-state index is 14.2. The molecule has 2 aromatic carbocycles. The molecule has 0 amide bonds. The van der Waals surface area contributed by atoms with Crippen LogP contribution in [0.5, 0.6) is 11.5 Å². The summed E-state index contributed by atoms with van der Waals surface area (Å²) in [4.78, 5) is 2.02. The molecule has 3 nitrogen and oxygen atoms in total. The molecule has 3 rings (SSSR count). The van der Waals surface area contributed by atoms with Crippen LogP contribution in [0.4, 0.5) is 4.39 Å². The minimum Gasteiger partial charge on any atom is -0.508 e. The highest BCUT2D eigenvalue weighted by molar-refractivity contribution is 5.73. The minimum atomic E-state index is -0.433. The second-order valence-electron chi connectivity index (χ2n) is 4.98. The number of nitrogens with zero attached hydrogens (tertiary/aromatic N) is 1. The van der Waals surface area contributed by atoms with Crippen LogP contribution in [0, 0.1) is 5.82 Å². The molecular weight excluding hydrogens is 245 g/mol. The molecule has 1 heterocycles. The van der Waals surface area contributed by atoms with Crippen LogP contribution in [0.25, 0.3) is 11.1 Å². The van der Waals surface area contributed by atoms with Crippen molar-refractivity contribution in [2.24, 2.45) is 0 Å². The summed E-state index contributed by atoms with van der Waals surface area (Å²) >= 11 is 0. The summed E-state index contributed by atoms with van der Waals surface area (Å²) in [6, 6.07) is 7.66. The molecule has 0 atom stereocenters. The van der Waals surface area contributed by atoms with E-state index in [-0.39, 0.29) is 11.5 Å². The Balaban J connectivity index is 2.31. The Morgan fingerprint density at radius 3 is 2.47 bits per heavy atom. The Hall–Kier alpha value is -2.07. The largest absolute Gasteiger partial charge is 0.508 e. The first-order valence-corrected chi connectivity index (χ1v) is 6.07. The van der Waals surface area contributed by atoms with Gasteiger partial charge in [0.1, 0.15) is 17.3 Å². The number of hydrogen-bond acceptors (Lipinski definition) is 3. The predicted molar refractivity (Wildman–Crippen MR) is 70.3 cm³/mol. The average molecular weight is 259 g/mol. The van der Waals surface area contributed by atoms with E-state index in [0.29, 0.717) is 18.7 Å². The molecule has 0 radical (unpaired) electrons. The molecule has 2 N–H and O–H groups in total. The molecule has 1 aliphatic rings. The van der Waals surface area contributed by atoms with Crippen molar-refractivity contribution < 1.29 is 14.6 Å². The van der Waals surface area contributed by atoms with Crippen molar-refractivity contribution in [3.05, 3.63) is 47.3 Å². The Morgan fingerprint density at radius 2 is 1.68 bits per heavy atom. The number of benzene rings is 2. The fourth-order valence-electron chi connectivity index (χ4n) is 2.67. The summed E-state index contributed by atoms with van der Waals surface area (Å²) in [7, 11) is 1.92. The zero-order valence-electron chi connectivity index (χ0n) is 10.5. The lowest BCUT2D eigenvalue weighted by Gasteiger charge is -2.14. The number of phenolic OH excluding ortho intramolecular Hbond substituents is 2. The second kappa shape index (κ2) is 4.24. The predicted octanol–water partition coefficient (Wildman–Crippen LogP) is 2.85. The molecule has 0 unspecified atom stereocenters. The number of halogens is 1. The Bertz CT molecular complexity index is 655. The van der Waals surface area contributed by atoms with Crippen LogP contribution in [0.1, 0.15) is 11.1 Å². The smallest absolute Gasteiger partial charge is 0.135 e. The van der Waals surface area contributed by atoms with E-state index in [4.69, 9.17) is 0 Å². The first-order valence-electron chi connectivity index (χ1n) is 6.07. The second-order valence-corrected chi connectivity index (χ2v) is 4.98. The minimum absolute atomic E-state index is 0.0631. The van der Waals surface area contributed by atoms with Gasteiger partial charge in [-0.15, -0.1) is 0 Å². The normalized spacial score (nSPS) is 14.6. The molecule has 98 valence electrons. The van der Waals surface area contributed by atoms with E-state index >= 15 is 0 Å². The fourth-order valence-corrected chi connectivity index (χ4v) is 2.67. The van der Waals surface area contributed by atoms with Crippen molar-refractivity contribution in [3.63, 3.8) is 0 Å². The Morgan fingerprint density at radius 1 is 1.00 bits per heavy atom. The number of rotatable bonds is 0. The van der Waals surface area contributed by atoms with Gasteiger partial charge < -0.3 is 10.2 Å². The molecule has 2 aromatic rings. The van der Waals surface area contributed by atoms with Gasteiger partial charge in [0, 0.05) is 24.7 Å². The van der Waals surface area contributed by atoms with Crippen LogP contribution in [-0.4, -0.2) is 22.2 Å². The summed E-state index contributed by atoms with van der Waals surface area (Å²) in [6.45, 7) is 1.18. The van der Waals surface area contributed by atoms with Crippen LogP contribution in [0.3, 0.4) is 0 Å².